The molecule has 1 aromatic rings. The summed E-state index contributed by atoms with van der Waals surface area (Å²) < 4.78 is 24.1. The van der Waals surface area contributed by atoms with Crippen molar-refractivity contribution in [2.75, 3.05) is 18.1 Å². The second kappa shape index (κ2) is 8.40. The van der Waals surface area contributed by atoms with Gasteiger partial charge >= 0.3 is 6.03 Å². The number of rotatable bonds is 6. The molecule has 2 atom stereocenters. The fraction of sp³-hybridized carbons (Fsp3) is 0.571. The zero-order valence-electron chi connectivity index (χ0n) is 18.2. The van der Waals surface area contributed by atoms with E-state index in [-0.39, 0.29) is 28.8 Å². The number of nitrogens with one attached hydrogen (secondary N) is 1. The van der Waals surface area contributed by atoms with Crippen LogP contribution in [0.15, 0.2) is 24.3 Å². The van der Waals surface area contributed by atoms with Crippen molar-refractivity contribution in [2.45, 2.75) is 56.7 Å². The lowest BCUT2D eigenvalue weighted by Gasteiger charge is -2.35. The Morgan fingerprint density at radius 2 is 1.94 bits per heavy atom. The van der Waals surface area contributed by atoms with Gasteiger partial charge in [-0.25, -0.2) is 13.2 Å². The molecule has 4 rings (SSSR count). The summed E-state index contributed by atoms with van der Waals surface area (Å²) in [5, 5.41) is 13.7. The van der Waals surface area contributed by atoms with Crippen LogP contribution in [0.4, 0.5) is 10.5 Å². The molecule has 1 aliphatic carbocycles. The first-order chi connectivity index (χ1) is 15.5. The lowest BCUT2D eigenvalue weighted by Crippen LogP contribution is -2.51. The lowest BCUT2D eigenvalue weighted by molar-refractivity contribution is -0.385. The van der Waals surface area contributed by atoms with Gasteiger partial charge in [0.2, 0.25) is 5.91 Å². The van der Waals surface area contributed by atoms with Crippen LogP contribution in [0.1, 0.15) is 44.6 Å². The van der Waals surface area contributed by atoms with Crippen molar-refractivity contribution in [3.05, 3.63) is 39.9 Å². The molecule has 11 nitrogen and oxygen atoms in total. The summed E-state index contributed by atoms with van der Waals surface area (Å²) in [6.07, 6.45) is 3.72. The quantitative estimate of drug-likeness (QED) is 0.368. The zero-order valence-corrected chi connectivity index (χ0v) is 19.0. The van der Waals surface area contributed by atoms with E-state index in [0.717, 1.165) is 30.6 Å². The Morgan fingerprint density at radius 3 is 2.55 bits per heavy atom. The van der Waals surface area contributed by atoms with Gasteiger partial charge in [0.05, 0.1) is 16.4 Å². The van der Waals surface area contributed by atoms with Crippen LogP contribution < -0.4 is 5.32 Å². The van der Waals surface area contributed by atoms with E-state index in [2.05, 4.69) is 5.32 Å². The van der Waals surface area contributed by atoms with Crippen LogP contribution in [0.5, 0.6) is 0 Å². The molecule has 178 valence electrons. The SMILES string of the molecule is CC1(c2cccc([N+](=O)[O-])c2)NC(=O)N(CC(=O)N(C2CCCC2)C2CCS(=O)(=O)C2)C1=O. The van der Waals surface area contributed by atoms with Crippen LogP contribution in [0.3, 0.4) is 0 Å². The molecule has 0 bridgehead atoms. The summed E-state index contributed by atoms with van der Waals surface area (Å²) >= 11 is 0. The van der Waals surface area contributed by atoms with Crippen LogP contribution in [0.25, 0.3) is 0 Å². The Labute approximate surface area is 191 Å². The van der Waals surface area contributed by atoms with Crippen molar-refractivity contribution < 1.29 is 27.7 Å². The number of urea groups is 1. The molecule has 3 aliphatic rings. The van der Waals surface area contributed by atoms with Gasteiger partial charge in [-0.2, -0.15) is 0 Å². The molecule has 2 aliphatic heterocycles. The largest absolute Gasteiger partial charge is 0.334 e. The van der Waals surface area contributed by atoms with Crippen molar-refractivity contribution in [1.82, 2.24) is 15.1 Å². The van der Waals surface area contributed by atoms with E-state index >= 15 is 0 Å². The van der Waals surface area contributed by atoms with E-state index < -0.39 is 50.7 Å². The highest BCUT2D eigenvalue weighted by molar-refractivity contribution is 7.91. The summed E-state index contributed by atoms with van der Waals surface area (Å²) in [6.45, 7) is 0.928. The highest BCUT2D eigenvalue weighted by atomic mass is 32.2. The summed E-state index contributed by atoms with van der Waals surface area (Å²) in [4.78, 5) is 52.2. The molecule has 0 spiro atoms. The van der Waals surface area contributed by atoms with E-state index in [4.69, 9.17) is 0 Å². The number of carbonyl (C=O) groups excluding carboxylic acids is 3. The van der Waals surface area contributed by atoms with Gasteiger partial charge in [0, 0.05) is 24.2 Å². The van der Waals surface area contributed by atoms with Crippen molar-refractivity contribution >= 4 is 33.4 Å². The van der Waals surface area contributed by atoms with Gasteiger partial charge in [-0.1, -0.05) is 25.0 Å². The van der Waals surface area contributed by atoms with Crippen LogP contribution >= 0.6 is 0 Å². The number of sulfone groups is 1. The van der Waals surface area contributed by atoms with E-state index in [9.17, 15) is 32.9 Å². The van der Waals surface area contributed by atoms with Crippen LogP contribution in [-0.2, 0) is 25.0 Å². The van der Waals surface area contributed by atoms with Gasteiger partial charge in [-0.15, -0.1) is 0 Å². The number of nitro groups is 1. The first-order valence-electron chi connectivity index (χ1n) is 10.9. The average Bonchev–Trinajstić information content (AvgIpc) is 3.45. The predicted octanol–water partition coefficient (Wildman–Crippen LogP) is 1.32. The highest BCUT2D eigenvalue weighted by Crippen LogP contribution is 2.32. The molecule has 12 heteroatoms. The molecule has 1 N–H and O–H groups in total. The summed E-state index contributed by atoms with van der Waals surface area (Å²) in [7, 11) is -3.23. The molecule has 4 amide bonds. The normalized spacial score (nSPS) is 27.1. The minimum atomic E-state index is -3.23. The third kappa shape index (κ3) is 4.31. The van der Waals surface area contributed by atoms with Crippen molar-refractivity contribution in [3.63, 3.8) is 0 Å². The van der Waals surface area contributed by atoms with Crippen LogP contribution in [-0.4, -0.2) is 71.1 Å². The van der Waals surface area contributed by atoms with Gasteiger partial charge in [0.15, 0.2) is 9.84 Å². The van der Waals surface area contributed by atoms with Gasteiger partial charge < -0.3 is 10.2 Å². The van der Waals surface area contributed by atoms with E-state index in [0.29, 0.717) is 6.42 Å². The lowest BCUT2D eigenvalue weighted by atomic mass is 9.91. The summed E-state index contributed by atoms with van der Waals surface area (Å²) in [5.41, 5.74) is -1.54. The molecule has 33 heavy (non-hydrogen) atoms. The smallest absolute Gasteiger partial charge is 0.325 e. The highest BCUT2D eigenvalue weighted by Gasteiger charge is 2.51. The number of hydrogen-bond donors (Lipinski definition) is 1. The number of imide groups is 1. The van der Waals surface area contributed by atoms with E-state index in [1.165, 1.54) is 31.2 Å². The van der Waals surface area contributed by atoms with Crippen molar-refractivity contribution in [3.8, 4) is 0 Å². The number of carbonyl (C=O) groups is 3. The van der Waals surface area contributed by atoms with E-state index in [1.54, 1.807) is 4.90 Å². The number of nitro benzene ring substituents is 1. The molecule has 1 saturated carbocycles. The monoisotopic (exact) mass is 478 g/mol. The molecule has 2 unspecified atom stereocenters. The van der Waals surface area contributed by atoms with Crippen LogP contribution in [0, 0.1) is 10.1 Å². The number of non-ortho nitro benzene ring substituents is 1. The molecule has 3 fully saturated rings. The fourth-order valence-electron chi connectivity index (χ4n) is 5.07. The Kier molecular flexibility index (Phi) is 5.89. The summed E-state index contributed by atoms with van der Waals surface area (Å²) in [6, 6.07) is 4.09. The first-order valence-corrected chi connectivity index (χ1v) is 12.7. The topological polar surface area (TPSA) is 147 Å². The number of amides is 4. The maximum atomic E-state index is 13.3. The molecule has 0 radical (unpaired) electrons. The second-order valence-electron chi connectivity index (χ2n) is 9.05. The fourth-order valence-corrected chi connectivity index (χ4v) is 6.78. The second-order valence-corrected chi connectivity index (χ2v) is 11.3. The average molecular weight is 479 g/mol. The Hall–Kier alpha value is -3.02. The van der Waals surface area contributed by atoms with Crippen molar-refractivity contribution in [1.29, 1.82) is 0 Å². The van der Waals surface area contributed by atoms with Gasteiger partial charge in [0.1, 0.15) is 12.1 Å². The minimum Gasteiger partial charge on any atom is -0.334 e. The Bertz CT molecular complexity index is 1120. The molecular formula is C21H26N4O7S. The van der Waals surface area contributed by atoms with Crippen LogP contribution in [0.2, 0.25) is 0 Å². The van der Waals surface area contributed by atoms with Gasteiger partial charge in [-0.3, -0.25) is 24.6 Å². The minimum absolute atomic E-state index is 0.0160. The van der Waals surface area contributed by atoms with Gasteiger partial charge in [0.25, 0.3) is 11.6 Å². The summed E-state index contributed by atoms with van der Waals surface area (Å²) in [5.74, 6) is -1.24. The van der Waals surface area contributed by atoms with Crippen molar-refractivity contribution in [2.24, 2.45) is 0 Å². The standard InChI is InChI=1S/C21H26N4O7S/c1-21(14-5-4-8-16(11-14)25(29)30)19(27)23(20(28)22-21)12-18(26)24(15-6-2-3-7-15)17-9-10-33(31,32)13-17/h4-5,8,11,15,17H,2-3,6-7,9-10,12-13H2,1H3,(H,22,28). The maximum absolute atomic E-state index is 13.3. The van der Waals surface area contributed by atoms with E-state index in [1.807, 2.05) is 0 Å². The molecule has 2 saturated heterocycles. The first kappa shape index (κ1) is 23.1. The molecule has 2 heterocycles. The number of hydrogen-bond acceptors (Lipinski definition) is 7. The maximum Gasteiger partial charge on any atom is 0.325 e. The predicted molar refractivity (Wildman–Crippen MR) is 117 cm³/mol. The van der Waals surface area contributed by atoms with Gasteiger partial charge in [-0.05, 0) is 31.7 Å². The third-order valence-electron chi connectivity index (χ3n) is 6.81. The molecule has 1 aromatic carbocycles. The Balaban J connectivity index is 1.56. The molecular weight excluding hydrogens is 452 g/mol. The Morgan fingerprint density at radius 1 is 1.24 bits per heavy atom. The zero-order chi connectivity index (χ0) is 24.0. The number of nitrogens with zero attached hydrogens (tertiary/aromatic N) is 3. The third-order valence-corrected chi connectivity index (χ3v) is 8.56. The number of benzene rings is 1. The molecule has 0 aromatic heterocycles.